The zero-order valence-corrected chi connectivity index (χ0v) is 21.0. The monoisotopic (exact) mass is 495 g/mol. The number of carbonyl (C=O) groups excluding carboxylic acids is 2. The number of ketones is 1. The van der Waals surface area contributed by atoms with Crippen molar-refractivity contribution in [1.29, 1.82) is 0 Å². The molecule has 1 aromatic heterocycles. The van der Waals surface area contributed by atoms with Gasteiger partial charge in [0.2, 0.25) is 0 Å². The number of likely N-dealkylation sites (tertiary alicyclic amines) is 1. The molecule has 7 nitrogen and oxygen atoms in total. The first kappa shape index (κ1) is 24.3. The third kappa shape index (κ3) is 4.98. The van der Waals surface area contributed by atoms with Crippen molar-refractivity contribution in [3.05, 3.63) is 96.3 Å². The van der Waals surface area contributed by atoms with E-state index in [1.807, 2.05) is 85.1 Å². The predicted molar refractivity (Wildman–Crippen MR) is 142 cm³/mol. The van der Waals surface area contributed by atoms with Gasteiger partial charge in [-0.3, -0.25) is 9.59 Å². The molecule has 1 fully saturated rings. The van der Waals surface area contributed by atoms with Crippen molar-refractivity contribution >= 4 is 11.7 Å². The first-order valence-electron chi connectivity index (χ1n) is 12.3. The zero-order chi connectivity index (χ0) is 25.8. The molecular formula is C30H29N3O4. The van der Waals surface area contributed by atoms with Gasteiger partial charge in [-0.2, -0.15) is 5.10 Å². The number of rotatable bonds is 7. The standard InChI is InChI=1S/C30H29N3O4/c1-36-26-14-13-23(19-27(26)37-2)25-20-33(24-11-7-4-8-12-24)31-28(25)30(35)32-17-15-22(16-18-32)29(34)21-9-5-3-6-10-21/h3-14,19-20,22H,15-18H2,1-2H3. The number of nitrogens with zero attached hydrogens (tertiary/aromatic N) is 3. The molecule has 1 aliphatic heterocycles. The molecule has 0 atom stereocenters. The second-order valence-electron chi connectivity index (χ2n) is 9.04. The Hall–Kier alpha value is -4.39. The van der Waals surface area contributed by atoms with Gasteiger partial charge in [0.05, 0.1) is 19.9 Å². The molecular weight excluding hydrogens is 466 g/mol. The predicted octanol–water partition coefficient (Wildman–Crippen LogP) is 5.29. The molecule has 4 aromatic rings. The van der Waals surface area contributed by atoms with Crippen molar-refractivity contribution in [3.63, 3.8) is 0 Å². The van der Waals surface area contributed by atoms with E-state index in [2.05, 4.69) is 0 Å². The molecule has 1 saturated heterocycles. The van der Waals surface area contributed by atoms with Crippen molar-refractivity contribution in [2.75, 3.05) is 27.3 Å². The van der Waals surface area contributed by atoms with Crippen LogP contribution in [0.4, 0.5) is 0 Å². The zero-order valence-electron chi connectivity index (χ0n) is 21.0. The van der Waals surface area contributed by atoms with Crippen LogP contribution >= 0.6 is 0 Å². The van der Waals surface area contributed by atoms with E-state index >= 15 is 0 Å². The number of ether oxygens (including phenoxy) is 2. The number of piperidine rings is 1. The molecule has 0 bridgehead atoms. The summed E-state index contributed by atoms with van der Waals surface area (Å²) in [4.78, 5) is 28.5. The number of methoxy groups -OCH3 is 2. The number of hydrogen-bond acceptors (Lipinski definition) is 5. The summed E-state index contributed by atoms with van der Waals surface area (Å²) in [7, 11) is 3.17. The third-order valence-corrected chi connectivity index (χ3v) is 6.84. The topological polar surface area (TPSA) is 73.7 Å². The number of hydrogen-bond donors (Lipinski definition) is 0. The highest BCUT2D eigenvalue weighted by atomic mass is 16.5. The molecule has 0 N–H and O–H groups in total. The summed E-state index contributed by atoms with van der Waals surface area (Å²) in [5.74, 6) is 1.10. The van der Waals surface area contributed by atoms with E-state index in [1.165, 1.54) is 0 Å². The molecule has 188 valence electrons. The van der Waals surface area contributed by atoms with Crippen molar-refractivity contribution in [2.45, 2.75) is 12.8 Å². The highest BCUT2D eigenvalue weighted by Gasteiger charge is 2.31. The molecule has 37 heavy (non-hydrogen) atoms. The molecule has 0 spiro atoms. The minimum Gasteiger partial charge on any atom is -0.493 e. The van der Waals surface area contributed by atoms with E-state index in [4.69, 9.17) is 14.6 Å². The van der Waals surface area contributed by atoms with E-state index in [0.717, 1.165) is 16.8 Å². The minimum atomic E-state index is -0.148. The Morgan fingerprint density at radius 1 is 0.838 bits per heavy atom. The number of aromatic nitrogens is 2. The first-order valence-corrected chi connectivity index (χ1v) is 12.3. The van der Waals surface area contributed by atoms with Crippen LogP contribution in [-0.2, 0) is 0 Å². The summed E-state index contributed by atoms with van der Waals surface area (Å²) < 4.78 is 12.6. The van der Waals surface area contributed by atoms with Crippen LogP contribution < -0.4 is 9.47 Å². The lowest BCUT2D eigenvalue weighted by molar-refractivity contribution is 0.0646. The summed E-state index contributed by atoms with van der Waals surface area (Å²) in [5.41, 5.74) is 3.46. The van der Waals surface area contributed by atoms with Crippen molar-refractivity contribution in [3.8, 4) is 28.3 Å². The fourth-order valence-corrected chi connectivity index (χ4v) is 4.79. The Morgan fingerprint density at radius 3 is 2.14 bits per heavy atom. The van der Waals surface area contributed by atoms with Crippen LogP contribution in [0, 0.1) is 5.92 Å². The number of para-hydroxylation sites is 1. The van der Waals surface area contributed by atoms with Crippen molar-refractivity contribution in [1.82, 2.24) is 14.7 Å². The van der Waals surface area contributed by atoms with Crippen LogP contribution in [0.15, 0.2) is 85.1 Å². The quantitative estimate of drug-likeness (QED) is 0.326. The van der Waals surface area contributed by atoms with E-state index in [9.17, 15) is 9.59 Å². The largest absolute Gasteiger partial charge is 0.493 e. The Labute approximate surface area is 216 Å². The molecule has 0 aliphatic carbocycles. The Morgan fingerprint density at radius 2 is 1.49 bits per heavy atom. The average molecular weight is 496 g/mol. The van der Waals surface area contributed by atoms with Gasteiger partial charge >= 0.3 is 0 Å². The summed E-state index contributed by atoms with van der Waals surface area (Å²) in [6.07, 6.45) is 3.13. The maximum atomic E-state index is 13.8. The summed E-state index contributed by atoms with van der Waals surface area (Å²) in [5, 5.41) is 4.72. The molecule has 3 aromatic carbocycles. The van der Waals surface area contributed by atoms with Crippen LogP contribution in [0.25, 0.3) is 16.8 Å². The van der Waals surface area contributed by atoms with Gasteiger partial charge in [-0.1, -0.05) is 54.6 Å². The maximum absolute atomic E-state index is 13.8. The van der Waals surface area contributed by atoms with E-state index in [-0.39, 0.29) is 17.6 Å². The minimum absolute atomic E-state index is 0.0846. The van der Waals surface area contributed by atoms with Crippen LogP contribution in [0.5, 0.6) is 11.5 Å². The van der Waals surface area contributed by atoms with E-state index < -0.39 is 0 Å². The van der Waals surface area contributed by atoms with Crippen molar-refractivity contribution in [2.24, 2.45) is 5.92 Å². The molecule has 7 heteroatoms. The Kier molecular flexibility index (Phi) is 7.03. The summed E-state index contributed by atoms with van der Waals surface area (Å²) in [6.45, 7) is 1.01. The van der Waals surface area contributed by atoms with Crippen molar-refractivity contribution < 1.29 is 19.1 Å². The summed E-state index contributed by atoms with van der Waals surface area (Å²) >= 11 is 0. The van der Waals surface area contributed by atoms with Crippen LogP contribution in [0.3, 0.4) is 0 Å². The first-order chi connectivity index (χ1) is 18.1. The maximum Gasteiger partial charge on any atom is 0.275 e. The van der Waals surface area contributed by atoms with Gasteiger partial charge in [0.1, 0.15) is 0 Å². The highest BCUT2D eigenvalue weighted by molar-refractivity contribution is 6.00. The fraction of sp³-hybridized carbons (Fsp3) is 0.233. The molecule has 5 rings (SSSR count). The second-order valence-corrected chi connectivity index (χ2v) is 9.04. The molecule has 2 heterocycles. The van der Waals surface area contributed by atoms with Gasteiger partial charge in [0.25, 0.3) is 5.91 Å². The number of benzene rings is 3. The van der Waals surface area contributed by atoms with Gasteiger partial charge in [-0.15, -0.1) is 0 Å². The molecule has 0 saturated carbocycles. The van der Waals surface area contributed by atoms with E-state index in [0.29, 0.717) is 48.7 Å². The van der Waals surface area contributed by atoms with Gasteiger partial charge in [-0.25, -0.2) is 4.68 Å². The van der Waals surface area contributed by atoms with Gasteiger partial charge < -0.3 is 14.4 Å². The summed E-state index contributed by atoms with van der Waals surface area (Å²) in [6, 6.07) is 24.6. The number of amides is 1. The number of carbonyl (C=O) groups is 2. The van der Waals surface area contributed by atoms with Crippen LogP contribution in [0.1, 0.15) is 33.7 Å². The second kappa shape index (κ2) is 10.7. The van der Waals surface area contributed by atoms with Gasteiger partial charge in [0.15, 0.2) is 23.0 Å². The SMILES string of the molecule is COc1ccc(-c2cn(-c3ccccc3)nc2C(=O)N2CCC(C(=O)c3ccccc3)CC2)cc1OC. The molecule has 0 unspecified atom stereocenters. The molecule has 1 aliphatic rings. The lowest BCUT2D eigenvalue weighted by atomic mass is 9.88. The lowest BCUT2D eigenvalue weighted by Gasteiger charge is -2.31. The van der Waals surface area contributed by atoms with Gasteiger partial charge in [-0.05, 0) is 42.7 Å². The molecule has 1 amide bonds. The average Bonchev–Trinajstić information content (AvgIpc) is 3.42. The smallest absolute Gasteiger partial charge is 0.275 e. The normalized spacial score (nSPS) is 13.8. The lowest BCUT2D eigenvalue weighted by Crippen LogP contribution is -2.40. The Bertz CT molecular complexity index is 1390. The Balaban J connectivity index is 1.43. The van der Waals surface area contributed by atoms with Crippen LogP contribution in [-0.4, -0.2) is 53.7 Å². The molecule has 0 radical (unpaired) electrons. The van der Waals surface area contributed by atoms with Crippen LogP contribution in [0.2, 0.25) is 0 Å². The fourth-order valence-electron chi connectivity index (χ4n) is 4.79. The highest BCUT2D eigenvalue weighted by Crippen LogP contribution is 2.35. The number of Topliss-reactive ketones (excluding diaryl/α,β-unsaturated/α-hetero) is 1. The third-order valence-electron chi connectivity index (χ3n) is 6.84. The van der Waals surface area contributed by atoms with E-state index in [1.54, 1.807) is 23.8 Å². The van der Waals surface area contributed by atoms with Gasteiger partial charge in [0, 0.05) is 36.3 Å².